The molecule has 0 unspecified atom stereocenters. The van der Waals surface area contributed by atoms with Crippen molar-refractivity contribution in [3.63, 3.8) is 0 Å². The van der Waals surface area contributed by atoms with E-state index in [4.69, 9.17) is 10.5 Å². The van der Waals surface area contributed by atoms with Crippen molar-refractivity contribution in [3.05, 3.63) is 54.1 Å². The number of piperazine rings is 1. The van der Waals surface area contributed by atoms with Gasteiger partial charge < -0.3 is 20.3 Å². The van der Waals surface area contributed by atoms with Crippen LogP contribution in [0.2, 0.25) is 0 Å². The van der Waals surface area contributed by atoms with Gasteiger partial charge in [-0.25, -0.2) is 0 Å². The topological polar surface area (TPSA) is 75.9 Å². The Labute approximate surface area is 176 Å². The van der Waals surface area contributed by atoms with Crippen molar-refractivity contribution in [2.45, 2.75) is 37.3 Å². The van der Waals surface area contributed by atoms with Gasteiger partial charge in [-0.1, -0.05) is 24.3 Å². The van der Waals surface area contributed by atoms with Crippen LogP contribution < -0.4 is 10.5 Å². The Morgan fingerprint density at radius 1 is 0.900 bits per heavy atom. The molecule has 30 heavy (non-hydrogen) atoms. The second-order valence-electron chi connectivity index (χ2n) is 8.66. The molecule has 0 atom stereocenters. The minimum Gasteiger partial charge on any atom is -0.490 e. The number of nitrogens with two attached hydrogens (primary N) is 1. The van der Waals surface area contributed by atoms with Gasteiger partial charge in [0, 0.05) is 31.7 Å². The number of hydrogen-bond acceptors (Lipinski definition) is 4. The van der Waals surface area contributed by atoms with Crippen molar-refractivity contribution >= 4 is 11.8 Å². The zero-order valence-electron chi connectivity index (χ0n) is 17.0. The number of hydrogen-bond donors (Lipinski definition) is 1. The molecule has 1 heterocycles. The third-order valence-electron chi connectivity index (χ3n) is 6.20. The summed E-state index contributed by atoms with van der Waals surface area (Å²) in [4.78, 5) is 28.9. The summed E-state index contributed by atoms with van der Waals surface area (Å²) in [6.07, 6.45) is 4.18. The molecule has 3 aliphatic rings. The van der Waals surface area contributed by atoms with E-state index in [0.717, 1.165) is 42.6 Å². The summed E-state index contributed by atoms with van der Waals surface area (Å²) >= 11 is 0. The van der Waals surface area contributed by atoms with Crippen LogP contribution in [-0.2, 0) is 4.79 Å². The third kappa shape index (κ3) is 3.92. The van der Waals surface area contributed by atoms with Crippen LogP contribution in [0.1, 0.15) is 36.0 Å². The maximum absolute atomic E-state index is 12.9. The number of amides is 2. The molecule has 5 rings (SSSR count). The van der Waals surface area contributed by atoms with Crippen molar-refractivity contribution in [2.24, 2.45) is 5.73 Å². The largest absolute Gasteiger partial charge is 0.490 e. The normalized spacial score (nSPS) is 20.0. The molecular weight excluding hydrogens is 378 g/mol. The molecular formula is C24H27N3O3. The minimum atomic E-state index is -0.636. The van der Waals surface area contributed by atoms with Crippen molar-refractivity contribution in [1.29, 1.82) is 0 Å². The van der Waals surface area contributed by atoms with E-state index >= 15 is 0 Å². The van der Waals surface area contributed by atoms with Crippen molar-refractivity contribution in [3.8, 4) is 16.9 Å². The average Bonchev–Trinajstić information content (AvgIpc) is 3.72. The number of nitrogens with zero attached hydrogens (tertiary/aromatic N) is 2. The minimum absolute atomic E-state index is 0.00773. The van der Waals surface area contributed by atoms with Crippen LogP contribution in [0.4, 0.5) is 0 Å². The number of rotatable bonds is 5. The Hall–Kier alpha value is -2.86. The first-order chi connectivity index (χ1) is 14.5. The van der Waals surface area contributed by atoms with Crippen molar-refractivity contribution in [2.75, 3.05) is 26.2 Å². The molecule has 6 heteroatoms. The molecule has 0 spiro atoms. The van der Waals surface area contributed by atoms with Gasteiger partial charge >= 0.3 is 0 Å². The Morgan fingerprint density at radius 2 is 1.57 bits per heavy atom. The van der Waals surface area contributed by atoms with E-state index in [0.29, 0.717) is 37.8 Å². The molecule has 0 radical (unpaired) electrons. The van der Waals surface area contributed by atoms with Crippen LogP contribution in [0.5, 0.6) is 5.75 Å². The fraction of sp³-hybridized carbons (Fsp3) is 0.417. The van der Waals surface area contributed by atoms with Gasteiger partial charge in [0.05, 0.1) is 11.6 Å². The Morgan fingerprint density at radius 3 is 2.20 bits per heavy atom. The third-order valence-corrected chi connectivity index (χ3v) is 6.20. The highest BCUT2D eigenvalue weighted by Crippen LogP contribution is 2.34. The molecule has 2 aromatic rings. The van der Waals surface area contributed by atoms with E-state index in [9.17, 15) is 9.59 Å². The SMILES string of the molecule is NC1(C(=O)N2CCN(C(=O)c3ccc(-c4cccc(OC5CC5)c4)cc3)CC2)CC1. The van der Waals surface area contributed by atoms with E-state index in [-0.39, 0.29) is 11.8 Å². The molecule has 2 saturated carbocycles. The highest BCUT2D eigenvalue weighted by Gasteiger charge is 2.48. The van der Waals surface area contributed by atoms with Crippen LogP contribution in [0.15, 0.2) is 48.5 Å². The van der Waals surface area contributed by atoms with Gasteiger partial charge in [-0.3, -0.25) is 9.59 Å². The molecule has 6 nitrogen and oxygen atoms in total. The van der Waals surface area contributed by atoms with Gasteiger partial charge in [0.2, 0.25) is 5.91 Å². The molecule has 156 valence electrons. The summed E-state index contributed by atoms with van der Waals surface area (Å²) in [5.74, 6) is 0.938. The van der Waals surface area contributed by atoms with Crippen molar-refractivity contribution in [1.82, 2.24) is 9.80 Å². The van der Waals surface area contributed by atoms with E-state index in [1.807, 2.05) is 41.3 Å². The highest BCUT2D eigenvalue weighted by atomic mass is 16.5. The van der Waals surface area contributed by atoms with Gasteiger partial charge in [0.25, 0.3) is 5.91 Å². The summed E-state index contributed by atoms with van der Waals surface area (Å²) in [6, 6.07) is 15.8. The number of carbonyl (C=O) groups excluding carboxylic acids is 2. The molecule has 2 aliphatic carbocycles. The lowest BCUT2D eigenvalue weighted by molar-refractivity contribution is -0.135. The van der Waals surface area contributed by atoms with Gasteiger partial charge in [-0.15, -0.1) is 0 Å². The van der Waals surface area contributed by atoms with Crippen LogP contribution in [0, 0.1) is 0 Å². The second kappa shape index (κ2) is 7.43. The fourth-order valence-electron chi connectivity index (χ4n) is 3.89. The summed E-state index contributed by atoms with van der Waals surface area (Å²) in [5.41, 5.74) is 8.19. The smallest absolute Gasteiger partial charge is 0.253 e. The van der Waals surface area contributed by atoms with Crippen LogP contribution in [0.25, 0.3) is 11.1 Å². The number of carbonyl (C=O) groups is 2. The molecule has 1 saturated heterocycles. The molecule has 2 aromatic carbocycles. The zero-order chi connectivity index (χ0) is 20.7. The standard InChI is InChI=1S/C24H27N3O3/c25-24(10-11-24)23(29)27-14-12-26(13-15-27)22(28)18-6-4-17(5-7-18)19-2-1-3-21(16-19)30-20-8-9-20/h1-7,16,20H,8-15,25H2. The predicted octanol–water partition coefficient (Wildman–Crippen LogP) is 2.67. The summed E-state index contributed by atoms with van der Waals surface area (Å²) in [7, 11) is 0. The molecule has 1 aliphatic heterocycles. The van der Waals surface area contributed by atoms with Gasteiger partial charge in [0.15, 0.2) is 0 Å². The molecule has 0 bridgehead atoms. The first-order valence-corrected chi connectivity index (χ1v) is 10.8. The van der Waals surface area contributed by atoms with Crippen LogP contribution in [-0.4, -0.2) is 59.4 Å². The summed E-state index contributed by atoms with van der Waals surface area (Å²) in [6.45, 7) is 2.19. The van der Waals surface area contributed by atoms with Crippen LogP contribution >= 0.6 is 0 Å². The lowest BCUT2D eigenvalue weighted by atomic mass is 10.0. The maximum Gasteiger partial charge on any atom is 0.253 e. The van der Waals surface area contributed by atoms with Crippen LogP contribution in [0.3, 0.4) is 0 Å². The zero-order valence-corrected chi connectivity index (χ0v) is 17.0. The first kappa shape index (κ1) is 19.1. The Balaban J connectivity index is 1.21. The number of benzene rings is 2. The van der Waals surface area contributed by atoms with E-state index in [1.54, 1.807) is 4.90 Å². The first-order valence-electron chi connectivity index (χ1n) is 10.8. The lowest BCUT2D eigenvalue weighted by Crippen LogP contribution is -2.55. The quantitative estimate of drug-likeness (QED) is 0.830. The number of ether oxygens (including phenoxy) is 1. The van der Waals surface area contributed by atoms with Gasteiger partial charge in [-0.2, -0.15) is 0 Å². The van der Waals surface area contributed by atoms with Gasteiger partial charge in [-0.05, 0) is 61.1 Å². The molecule has 2 N–H and O–H groups in total. The average molecular weight is 405 g/mol. The second-order valence-corrected chi connectivity index (χ2v) is 8.66. The van der Waals surface area contributed by atoms with Crippen molar-refractivity contribution < 1.29 is 14.3 Å². The maximum atomic E-state index is 12.9. The summed E-state index contributed by atoms with van der Waals surface area (Å²) < 4.78 is 5.88. The summed E-state index contributed by atoms with van der Waals surface area (Å²) in [5, 5.41) is 0. The van der Waals surface area contributed by atoms with E-state index in [1.165, 1.54) is 0 Å². The highest BCUT2D eigenvalue weighted by molar-refractivity contribution is 5.95. The predicted molar refractivity (Wildman–Crippen MR) is 114 cm³/mol. The molecule has 2 amide bonds. The monoisotopic (exact) mass is 405 g/mol. The van der Waals surface area contributed by atoms with E-state index < -0.39 is 5.54 Å². The Bertz CT molecular complexity index is 956. The van der Waals surface area contributed by atoms with Gasteiger partial charge in [0.1, 0.15) is 5.75 Å². The molecule has 0 aromatic heterocycles. The lowest BCUT2D eigenvalue weighted by Gasteiger charge is -2.36. The van der Waals surface area contributed by atoms with E-state index in [2.05, 4.69) is 12.1 Å². The fourth-order valence-corrected chi connectivity index (χ4v) is 3.89. The Kier molecular flexibility index (Phi) is 4.74. The molecule has 3 fully saturated rings.